The number of benzene rings is 2. The number of carbonyl (C=O) groups is 1. The fraction of sp³-hybridized carbons (Fsp3) is 0.308. The van der Waals surface area contributed by atoms with Crippen molar-refractivity contribution in [2.24, 2.45) is 11.1 Å². The van der Waals surface area contributed by atoms with Gasteiger partial charge in [0.05, 0.1) is 11.5 Å². The highest BCUT2D eigenvalue weighted by molar-refractivity contribution is 7.89. The number of amides is 1. The first-order valence-corrected chi connectivity index (χ1v) is 13.4. The second-order valence-corrected chi connectivity index (χ2v) is 10.4. The minimum Gasteiger partial charge on any atom is -0.476 e. The summed E-state index contributed by atoms with van der Waals surface area (Å²) < 4.78 is 68.7. The Morgan fingerprint density at radius 3 is 2.21 bits per heavy atom. The van der Waals surface area contributed by atoms with E-state index in [1.807, 2.05) is 13.8 Å². The van der Waals surface area contributed by atoms with Crippen LogP contribution >= 0.6 is 0 Å². The summed E-state index contributed by atoms with van der Waals surface area (Å²) in [6.07, 6.45) is -0.463. The number of nitrogens with zero attached hydrogens (tertiary/aromatic N) is 1. The standard InChI is InChI=1S/C13H19F3N2O.C13H12N2O4S/c1-5-19-13-10(15)11(9(14)12(16)18-13)17-8(4)6-7(2)3;14-20(18,19)12-4-2-1-3-11(12)9-5-7-10(8-6-9)15-13(16)17/h7-8H,5-6H2,1-4H3,(H,17,18);1-8,15H,(H,16,17)(H2,14,18,19)/t8-;/m0./s1. The second-order valence-electron chi connectivity index (χ2n) is 8.87. The molecule has 0 fully saturated rings. The Morgan fingerprint density at radius 2 is 1.67 bits per heavy atom. The predicted molar refractivity (Wildman–Crippen MR) is 143 cm³/mol. The van der Waals surface area contributed by atoms with Crippen LogP contribution in [0.3, 0.4) is 0 Å². The topological polar surface area (TPSA) is 144 Å². The Bertz CT molecular complexity index is 1390. The van der Waals surface area contributed by atoms with E-state index >= 15 is 0 Å². The molecule has 3 rings (SSSR count). The number of ether oxygens (including phenoxy) is 1. The van der Waals surface area contributed by atoms with E-state index in [0.29, 0.717) is 29.2 Å². The number of aromatic nitrogens is 1. The number of carboxylic acid groups (broad SMARTS) is 1. The van der Waals surface area contributed by atoms with Crippen molar-refractivity contribution in [3.63, 3.8) is 0 Å². The molecule has 1 heterocycles. The van der Waals surface area contributed by atoms with Gasteiger partial charge in [-0.1, -0.05) is 44.2 Å². The number of rotatable bonds is 9. The van der Waals surface area contributed by atoms with Crippen LogP contribution in [-0.4, -0.2) is 37.3 Å². The van der Waals surface area contributed by atoms with Crippen LogP contribution in [0.5, 0.6) is 5.88 Å². The van der Waals surface area contributed by atoms with Crippen molar-refractivity contribution in [3.05, 3.63) is 66.1 Å². The van der Waals surface area contributed by atoms with Gasteiger partial charge in [-0.15, -0.1) is 0 Å². The van der Waals surface area contributed by atoms with Crippen molar-refractivity contribution in [2.75, 3.05) is 17.2 Å². The summed E-state index contributed by atoms with van der Waals surface area (Å²) in [5, 5.41) is 18.6. The van der Waals surface area contributed by atoms with E-state index in [4.69, 9.17) is 15.0 Å². The fourth-order valence-electron chi connectivity index (χ4n) is 3.68. The molecule has 1 aromatic heterocycles. The second kappa shape index (κ2) is 13.8. The number of hydrogen-bond acceptors (Lipinski definition) is 6. The molecule has 13 heteroatoms. The maximum Gasteiger partial charge on any atom is 0.409 e. The Balaban J connectivity index is 0.000000274. The summed E-state index contributed by atoms with van der Waals surface area (Å²) in [6.45, 7) is 7.48. The summed E-state index contributed by atoms with van der Waals surface area (Å²) in [7, 11) is -3.82. The van der Waals surface area contributed by atoms with E-state index in [1.165, 1.54) is 6.07 Å². The Hall–Kier alpha value is -3.84. The maximum absolute atomic E-state index is 13.9. The van der Waals surface area contributed by atoms with Gasteiger partial charge in [-0.05, 0) is 49.9 Å². The molecule has 1 atom stereocenters. The Morgan fingerprint density at radius 1 is 1.05 bits per heavy atom. The van der Waals surface area contributed by atoms with Crippen LogP contribution in [0.25, 0.3) is 11.1 Å². The van der Waals surface area contributed by atoms with Crippen LogP contribution in [0.1, 0.15) is 34.1 Å². The zero-order valence-corrected chi connectivity index (χ0v) is 22.7. The molecule has 39 heavy (non-hydrogen) atoms. The maximum atomic E-state index is 13.9. The van der Waals surface area contributed by atoms with Crippen molar-refractivity contribution in [2.45, 2.75) is 45.1 Å². The summed E-state index contributed by atoms with van der Waals surface area (Å²) in [5.41, 5.74) is 0.973. The zero-order chi connectivity index (χ0) is 29.3. The first-order chi connectivity index (χ1) is 18.2. The van der Waals surface area contributed by atoms with Crippen molar-refractivity contribution < 1.29 is 36.2 Å². The molecular formula is C26H31F3N4O5S. The lowest BCUT2D eigenvalue weighted by molar-refractivity contribution is 0.209. The van der Waals surface area contributed by atoms with Gasteiger partial charge in [0.1, 0.15) is 5.69 Å². The molecule has 0 radical (unpaired) electrons. The minimum atomic E-state index is -3.82. The molecule has 0 saturated heterocycles. The average Bonchev–Trinajstić information content (AvgIpc) is 2.85. The van der Waals surface area contributed by atoms with Gasteiger partial charge in [0.2, 0.25) is 21.7 Å². The predicted octanol–water partition coefficient (Wildman–Crippen LogP) is 5.84. The third-order valence-electron chi connectivity index (χ3n) is 5.15. The molecule has 212 valence electrons. The van der Waals surface area contributed by atoms with Gasteiger partial charge < -0.3 is 15.2 Å². The van der Waals surface area contributed by atoms with E-state index in [-0.39, 0.29) is 17.5 Å². The number of primary sulfonamides is 1. The van der Waals surface area contributed by atoms with Gasteiger partial charge in [-0.3, -0.25) is 5.32 Å². The molecule has 0 spiro atoms. The van der Waals surface area contributed by atoms with Crippen LogP contribution in [-0.2, 0) is 10.0 Å². The lowest BCUT2D eigenvalue weighted by Crippen LogP contribution is -2.20. The minimum absolute atomic E-state index is 0.0268. The van der Waals surface area contributed by atoms with Gasteiger partial charge >= 0.3 is 6.09 Å². The van der Waals surface area contributed by atoms with Crippen molar-refractivity contribution in [1.29, 1.82) is 0 Å². The number of nitrogens with two attached hydrogens (primary N) is 1. The highest BCUT2D eigenvalue weighted by Crippen LogP contribution is 2.29. The average molecular weight is 569 g/mol. The lowest BCUT2D eigenvalue weighted by Gasteiger charge is -2.19. The smallest absolute Gasteiger partial charge is 0.409 e. The SMILES string of the molecule is CCOc1nc(F)c(F)c(N[C@@H](C)CC(C)C)c1F.NS(=O)(=O)c1ccccc1-c1ccc(NC(=O)O)cc1. The van der Waals surface area contributed by atoms with E-state index in [2.05, 4.69) is 15.6 Å². The van der Waals surface area contributed by atoms with Crippen molar-refractivity contribution in [1.82, 2.24) is 4.98 Å². The number of halogens is 3. The third-order valence-corrected chi connectivity index (χ3v) is 6.11. The Kier molecular flexibility index (Phi) is 11.1. The van der Waals surface area contributed by atoms with Crippen LogP contribution in [0, 0.1) is 23.5 Å². The summed E-state index contributed by atoms with van der Waals surface area (Å²) in [5.74, 6) is -3.87. The number of sulfonamides is 1. The van der Waals surface area contributed by atoms with Gasteiger partial charge in [-0.2, -0.15) is 18.2 Å². The molecular weight excluding hydrogens is 537 g/mol. The quantitative estimate of drug-likeness (QED) is 0.238. The van der Waals surface area contributed by atoms with Gasteiger partial charge in [-0.25, -0.2) is 18.4 Å². The van der Waals surface area contributed by atoms with Gasteiger partial charge in [0.15, 0.2) is 0 Å². The third kappa shape index (κ3) is 9.14. The van der Waals surface area contributed by atoms with Crippen LogP contribution in [0.2, 0.25) is 0 Å². The highest BCUT2D eigenvalue weighted by atomic mass is 32.2. The van der Waals surface area contributed by atoms with Crippen LogP contribution in [0.4, 0.5) is 29.3 Å². The molecule has 0 aliphatic rings. The van der Waals surface area contributed by atoms with E-state index in [0.717, 1.165) is 0 Å². The van der Waals surface area contributed by atoms with Gasteiger partial charge in [0.25, 0.3) is 11.8 Å². The molecule has 0 bridgehead atoms. The number of pyridine rings is 1. The molecule has 0 saturated carbocycles. The number of anilines is 2. The molecule has 0 aliphatic carbocycles. The Labute approximate surface area is 225 Å². The number of nitrogens with one attached hydrogen (secondary N) is 2. The summed E-state index contributed by atoms with van der Waals surface area (Å²) in [6, 6.07) is 12.5. The van der Waals surface area contributed by atoms with Gasteiger partial charge in [0, 0.05) is 17.3 Å². The largest absolute Gasteiger partial charge is 0.476 e. The first-order valence-electron chi connectivity index (χ1n) is 11.9. The molecule has 0 unspecified atom stereocenters. The van der Waals surface area contributed by atoms with E-state index in [9.17, 15) is 26.4 Å². The zero-order valence-electron chi connectivity index (χ0n) is 21.8. The normalized spacial score (nSPS) is 11.8. The van der Waals surface area contributed by atoms with E-state index in [1.54, 1.807) is 56.3 Å². The van der Waals surface area contributed by atoms with Crippen molar-refractivity contribution in [3.8, 4) is 17.0 Å². The molecule has 5 N–H and O–H groups in total. The van der Waals surface area contributed by atoms with E-state index < -0.39 is 45.3 Å². The lowest BCUT2D eigenvalue weighted by atomic mass is 10.1. The molecule has 1 amide bonds. The molecule has 0 aliphatic heterocycles. The summed E-state index contributed by atoms with van der Waals surface area (Å²) >= 11 is 0. The fourth-order valence-corrected chi connectivity index (χ4v) is 4.44. The van der Waals surface area contributed by atoms with Crippen LogP contribution < -0.4 is 20.5 Å². The molecule has 3 aromatic rings. The molecule has 9 nitrogen and oxygen atoms in total. The van der Waals surface area contributed by atoms with Crippen molar-refractivity contribution >= 4 is 27.5 Å². The monoisotopic (exact) mass is 568 g/mol. The van der Waals surface area contributed by atoms with Crippen LogP contribution in [0.15, 0.2) is 53.4 Å². The molecule has 2 aromatic carbocycles. The summed E-state index contributed by atoms with van der Waals surface area (Å²) in [4.78, 5) is 13.6. The highest BCUT2D eigenvalue weighted by Gasteiger charge is 2.23. The first kappa shape index (κ1) is 31.4. The number of hydrogen-bond donors (Lipinski definition) is 4.